The molecule has 15 heavy (non-hydrogen) atoms. The van der Waals surface area contributed by atoms with Crippen molar-refractivity contribution in [3.05, 3.63) is 0 Å². The van der Waals surface area contributed by atoms with Gasteiger partial charge in [-0.25, -0.2) is 8.42 Å². The predicted molar refractivity (Wildman–Crippen MR) is 55.6 cm³/mol. The molecule has 0 spiro atoms. The summed E-state index contributed by atoms with van der Waals surface area (Å²) in [6.45, 7) is 0.640. The lowest BCUT2D eigenvalue weighted by Gasteiger charge is -2.30. The highest BCUT2D eigenvalue weighted by atomic mass is 32.2. The van der Waals surface area contributed by atoms with Gasteiger partial charge in [-0.3, -0.25) is 0 Å². The van der Waals surface area contributed by atoms with Gasteiger partial charge in [0.25, 0.3) is 0 Å². The molecule has 0 N–H and O–H groups in total. The Morgan fingerprint density at radius 3 is 2.87 bits per heavy atom. The molecule has 1 atom stereocenters. The zero-order valence-corrected chi connectivity index (χ0v) is 9.66. The minimum absolute atomic E-state index is 0.0400. The van der Waals surface area contributed by atoms with Crippen molar-refractivity contribution in [3.63, 3.8) is 0 Å². The summed E-state index contributed by atoms with van der Waals surface area (Å²) in [6, 6.07) is 1.56. The Bertz CT molecular complexity index is 334. The molecule has 0 aromatic carbocycles. The van der Waals surface area contributed by atoms with Gasteiger partial charge in [0.15, 0.2) is 0 Å². The number of hydrogen-bond donors (Lipinski definition) is 0. The summed E-state index contributed by atoms with van der Waals surface area (Å²) in [6.07, 6.45) is 2.40. The molecule has 6 heteroatoms. The number of ether oxygens (including phenoxy) is 1. The van der Waals surface area contributed by atoms with E-state index in [9.17, 15) is 8.42 Å². The Morgan fingerprint density at radius 2 is 2.27 bits per heavy atom. The zero-order valence-electron chi connectivity index (χ0n) is 8.85. The third-order valence-electron chi connectivity index (χ3n) is 2.51. The summed E-state index contributed by atoms with van der Waals surface area (Å²) in [5.41, 5.74) is 0. The van der Waals surface area contributed by atoms with Crippen molar-refractivity contribution < 1.29 is 13.2 Å². The first-order valence-electron chi connectivity index (χ1n) is 5.00. The Kier molecular flexibility index (Phi) is 4.51. The maximum absolute atomic E-state index is 11.8. The lowest BCUT2D eigenvalue weighted by molar-refractivity contribution is 0.213. The van der Waals surface area contributed by atoms with Crippen molar-refractivity contribution in [2.75, 3.05) is 26.0 Å². The van der Waals surface area contributed by atoms with E-state index in [1.54, 1.807) is 0 Å². The molecule has 0 amide bonds. The highest BCUT2D eigenvalue weighted by Gasteiger charge is 2.31. The van der Waals surface area contributed by atoms with Crippen LogP contribution in [-0.4, -0.2) is 44.8 Å². The lowest BCUT2D eigenvalue weighted by atomic mass is 10.1. The molecule has 1 saturated heterocycles. The van der Waals surface area contributed by atoms with Crippen LogP contribution in [0.5, 0.6) is 0 Å². The first-order chi connectivity index (χ1) is 7.11. The summed E-state index contributed by atoms with van der Waals surface area (Å²) in [5, 5.41) is 8.86. The van der Waals surface area contributed by atoms with Crippen molar-refractivity contribution in [1.82, 2.24) is 4.31 Å². The second-order valence-electron chi connectivity index (χ2n) is 3.56. The monoisotopic (exact) mass is 232 g/mol. The van der Waals surface area contributed by atoms with Crippen molar-refractivity contribution in [2.24, 2.45) is 0 Å². The molecule has 1 aliphatic rings. The third-order valence-corrected chi connectivity index (χ3v) is 4.34. The van der Waals surface area contributed by atoms with Crippen molar-refractivity contribution in [3.8, 4) is 6.07 Å². The molecule has 0 radical (unpaired) electrons. The molecule has 1 rings (SSSR count). The molecule has 0 aliphatic carbocycles. The van der Waals surface area contributed by atoms with Gasteiger partial charge in [0.1, 0.15) is 6.04 Å². The van der Waals surface area contributed by atoms with E-state index in [-0.39, 0.29) is 12.4 Å². The van der Waals surface area contributed by atoms with Gasteiger partial charge in [-0.2, -0.15) is 9.57 Å². The fraction of sp³-hybridized carbons (Fsp3) is 0.889. The maximum atomic E-state index is 11.8. The maximum Gasteiger partial charge on any atom is 0.217 e. The molecule has 1 unspecified atom stereocenters. The number of sulfonamides is 1. The third kappa shape index (κ3) is 3.16. The average Bonchev–Trinajstić information content (AvgIpc) is 2.26. The van der Waals surface area contributed by atoms with E-state index in [1.165, 1.54) is 11.4 Å². The molecule has 86 valence electrons. The number of piperidine rings is 1. The van der Waals surface area contributed by atoms with E-state index >= 15 is 0 Å². The number of methoxy groups -OCH3 is 1. The summed E-state index contributed by atoms with van der Waals surface area (Å²) in [7, 11) is -1.86. The van der Waals surface area contributed by atoms with Gasteiger partial charge >= 0.3 is 0 Å². The van der Waals surface area contributed by atoms with Gasteiger partial charge in [0.2, 0.25) is 10.0 Å². The van der Waals surface area contributed by atoms with Crippen LogP contribution in [-0.2, 0) is 14.8 Å². The van der Waals surface area contributed by atoms with E-state index in [2.05, 4.69) is 0 Å². The topological polar surface area (TPSA) is 70.4 Å². The minimum Gasteiger partial charge on any atom is -0.384 e. The van der Waals surface area contributed by atoms with Gasteiger partial charge in [-0.15, -0.1) is 0 Å². The van der Waals surface area contributed by atoms with Crippen LogP contribution >= 0.6 is 0 Å². The van der Waals surface area contributed by atoms with Crippen LogP contribution in [0.1, 0.15) is 19.3 Å². The normalized spacial score (nSPS) is 23.6. The van der Waals surface area contributed by atoms with E-state index in [0.717, 1.165) is 12.8 Å². The smallest absolute Gasteiger partial charge is 0.217 e. The molecule has 1 aliphatic heterocycles. The van der Waals surface area contributed by atoms with Gasteiger partial charge in [0, 0.05) is 13.7 Å². The zero-order chi connectivity index (χ0) is 11.3. The summed E-state index contributed by atoms with van der Waals surface area (Å²) in [4.78, 5) is 0. The molecule has 5 nitrogen and oxygen atoms in total. The second-order valence-corrected chi connectivity index (χ2v) is 5.60. The van der Waals surface area contributed by atoms with Crippen molar-refractivity contribution in [2.45, 2.75) is 25.3 Å². The molecule has 1 fully saturated rings. The summed E-state index contributed by atoms with van der Waals surface area (Å²) < 4.78 is 29.7. The Hall–Kier alpha value is -0.640. The van der Waals surface area contributed by atoms with E-state index in [4.69, 9.17) is 10.00 Å². The SMILES string of the molecule is COCCS(=O)(=O)N1CCCCC1C#N. The fourth-order valence-electron chi connectivity index (χ4n) is 1.67. The standard InChI is InChI=1S/C9H16N2O3S/c1-14-6-7-15(12,13)11-5-3-2-4-9(11)8-10/h9H,2-7H2,1H3. The minimum atomic E-state index is -3.32. The first-order valence-corrected chi connectivity index (χ1v) is 6.61. The molecule has 0 bridgehead atoms. The van der Waals surface area contributed by atoms with Gasteiger partial charge in [0.05, 0.1) is 18.4 Å². The van der Waals surface area contributed by atoms with Crippen LogP contribution < -0.4 is 0 Å². The van der Waals surface area contributed by atoms with Crippen LogP contribution in [0.2, 0.25) is 0 Å². The summed E-state index contributed by atoms with van der Waals surface area (Å²) >= 11 is 0. The predicted octanol–water partition coefficient (Wildman–Crippen LogP) is 0.341. The van der Waals surface area contributed by atoms with Gasteiger partial charge < -0.3 is 4.74 Å². The first kappa shape index (κ1) is 12.4. The molecule has 0 aromatic rings. The molecular formula is C9H16N2O3S. The van der Waals surface area contributed by atoms with Crippen LogP contribution in [0.25, 0.3) is 0 Å². The van der Waals surface area contributed by atoms with E-state index in [1.807, 2.05) is 6.07 Å². The average molecular weight is 232 g/mol. The lowest BCUT2D eigenvalue weighted by Crippen LogP contribution is -2.44. The highest BCUT2D eigenvalue weighted by molar-refractivity contribution is 7.89. The van der Waals surface area contributed by atoms with Gasteiger partial charge in [-0.1, -0.05) is 0 Å². The molecule has 0 saturated carbocycles. The highest BCUT2D eigenvalue weighted by Crippen LogP contribution is 2.20. The quantitative estimate of drug-likeness (QED) is 0.701. The van der Waals surface area contributed by atoms with Crippen molar-refractivity contribution in [1.29, 1.82) is 5.26 Å². The number of hydrogen-bond acceptors (Lipinski definition) is 4. The van der Waals surface area contributed by atoms with Crippen LogP contribution in [0.15, 0.2) is 0 Å². The number of rotatable bonds is 4. The largest absolute Gasteiger partial charge is 0.384 e. The second kappa shape index (κ2) is 5.45. The number of nitriles is 1. The number of nitrogens with zero attached hydrogens (tertiary/aromatic N) is 2. The van der Waals surface area contributed by atoms with Gasteiger partial charge in [-0.05, 0) is 19.3 Å². The van der Waals surface area contributed by atoms with E-state index < -0.39 is 16.1 Å². The van der Waals surface area contributed by atoms with Crippen LogP contribution in [0.3, 0.4) is 0 Å². The molecule has 0 aromatic heterocycles. The van der Waals surface area contributed by atoms with E-state index in [0.29, 0.717) is 13.0 Å². The summed E-state index contributed by atoms with van der Waals surface area (Å²) in [5.74, 6) is -0.0400. The Labute approximate surface area is 90.7 Å². The fourth-order valence-corrected chi connectivity index (χ4v) is 3.23. The van der Waals surface area contributed by atoms with Crippen LogP contribution in [0, 0.1) is 11.3 Å². The molecule has 1 heterocycles. The Balaban J connectivity index is 2.71. The van der Waals surface area contributed by atoms with Crippen LogP contribution in [0.4, 0.5) is 0 Å². The van der Waals surface area contributed by atoms with Crippen molar-refractivity contribution >= 4 is 10.0 Å². The molecular weight excluding hydrogens is 216 g/mol. The Morgan fingerprint density at radius 1 is 1.53 bits per heavy atom.